The SMILES string of the molecule is CO[C@H]1O[C@@H]2CO[C@H](c3ccccc3)O[C@@H]2[C@@H](OC(C)=O)[C@@H]1OS(=O)(=O)c1ccc(C)cc1. The Labute approximate surface area is 192 Å². The van der Waals surface area contributed by atoms with Crippen LogP contribution < -0.4 is 0 Å². The van der Waals surface area contributed by atoms with E-state index in [1.807, 2.05) is 37.3 Å². The van der Waals surface area contributed by atoms with Crippen LogP contribution in [0, 0.1) is 6.92 Å². The molecule has 33 heavy (non-hydrogen) atoms. The lowest BCUT2D eigenvalue weighted by atomic mass is 9.97. The summed E-state index contributed by atoms with van der Waals surface area (Å²) < 4.78 is 60.2. The van der Waals surface area contributed by atoms with E-state index in [1.165, 1.54) is 26.2 Å². The molecule has 0 aliphatic carbocycles. The maximum Gasteiger partial charge on any atom is 0.303 e. The number of ether oxygens (including phenoxy) is 5. The second-order valence-electron chi connectivity index (χ2n) is 7.86. The van der Waals surface area contributed by atoms with Gasteiger partial charge < -0.3 is 23.7 Å². The molecule has 6 atom stereocenters. The highest BCUT2D eigenvalue weighted by molar-refractivity contribution is 7.86. The summed E-state index contributed by atoms with van der Waals surface area (Å²) in [5.41, 5.74) is 1.66. The number of rotatable bonds is 6. The zero-order chi connectivity index (χ0) is 23.6. The maximum absolute atomic E-state index is 13.0. The number of carbonyl (C=O) groups is 1. The summed E-state index contributed by atoms with van der Waals surface area (Å²) in [6, 6.07) is 15.4. The molecule has 2 aliphatic rings. The van der Waals surface area contributed by atoms with Crippen LogP contribution in [0.1, 0.15) is 24.3 Å². The molecule has 0 aromatic heterocycles. The van der Waals surface area contributed by atoms with Crippen LogP contribution in [0.4, 0.5) is 0 Å². The average molecular weight is 479 g/mol. The molecule has 0 saturated carbocycles. The molecule has 0 amide bonds. The molecule has 2 fully saturated rings. The van der Waals surface area contributed by atoms with Crippen LogP contribution in [-0.4, -0.2) is 58.8 Å². The number of carbonyl (C=O) groups excluding carboxylic acids is 1. The second kappa shape index (κ2) is 9.88. The van der Waals surface area contributed by atoms with Gasteiger partial charge in [0.25, 0.3) is 10.1 Å². The molecule has 9 nitrogen and oxygen atoms in total. The molecule has 2 aliphatic heterocycles. The lowest BCUT2D eigenvalue weighted by Gasteiger charge is -2.47. The van der Waals surface area contributed by atoms with Crippen LogP contribution in [0.15, 0.2) is 59.5 Å². The van der Waals surface area contributed by atoms with Crippen LogP contribution in [0.2, 0.25) is 0 Å². The van der Waals surface area contributed by atoms with Gasteiger partial charge in [-0.05, 0) is 19.1 Å². The largest absolute Gasteiger partial charge is 0.457 e. The van der Waals surface area contributed by atoms with Crippen molar-refractivity contribution in [3.8, 4) is 0 Å². The van der Waals surface area contributed by atoms with E-state index >= 15 is 0 Å². The molecule has 2 aromatic rings. The smallest absolute Gasteiger partial charge is 0.303 e. The van der Waals surface area contributed by atoms with Crippen molar-refractivity contribution < 1.29 is 41.1 Å². The van der Waals surface area contributed by atoms with Crippen LogP contribution in [-0.2, 0) is 42.8 Å². The molecular weight excluding hydrogens is 452 g/mol. The first kappa shape index (κ1) is 23.8. The Kier molecular flexibility index (Phi) is 7.13. The fourth-order valence-electron chi connectivity index (χ4n) is 3.85. The van der Waals surface area contributed by atoms with E-state index in [0.29, 0.717) is 0 Å². The van der Waals surface area contributed by atoms with Crippen molar-refractivity contribution in [3.05, 3.63) is 65.7 Å². The van der Waals surface area contributed by atoms with Gasteiger partial charge in [-0.1, -0.05) is 48.0 Å². The van der Waals surface area contributed by atoms with Crippen molar-refractivity contribution in [2.45, 2.75) is 55.7 Å². The van der Waals surface area contributed by atoms with Crippen molar-refractivity contribution in [1.82, 2.24) is 0 Å². The van der Waals surface area contributed by atoms with E-state index in [-0.39, 0.29) is 11.5 Å². The third kappa shape index (κ3) is 5.26. The highest BCUT2D eigenvalue weighted by atomic mass is 32.2. The van der Waals surface area contributed by atoms with E-state index in [1.54, 1.807) is 12.1 Å². The molecule has 4 rings (SSSR count). The van der Waals surface area contributed by atoms with Crippen molar-refractivity contribution in [2.75, 3.05) is 13.7 Å². The standard InChI is InChI=1S/C23H26O9S/c1-14-9-11-17(12-10-14)33(25,26)32-21-20(29-15(2)24)19-18(30-23(21)27-3)13-28-22(31-19)16-7-5-4-6-8-16/h4-12,18-23H,13H2,1-3H3/t18-,19+,20-,21+,22+,23+/m1/s1. The quantitative estimate of drug-likeness (QED) is 0.457. The normalized spacial score (nSPS) is 29.8. The fourth-order valence-corrected chi connectivity index (χ4v) is 4.92. The zero-order valence-electron chi connectivity index (χ0n) is 18.4. The molecule has 0 radical (unpaired) electrons. The van der Waals surface area contributed by atoms with Crippen molar-refractivity contribution in [1.29, 1.82) is 0 Å². The average Bonchev–Trinajstić information content (AvgIpc) is 2.80. The molecular formula is C23H26O9S. The summed E-state index contributed by atoms with van der Waals surface area (Å²) in [5, 5.41) is 0. The van der Waals surface area contributed by atoms with Crippen LogP contribution in [0.5, 0.6) is 0 Å². The highest BCUT2D eigenvalue weighted by Crippen LogP contribution is 2.37. The lowest BCUT2D eigenvalue weighted by molar-refractivity contribution is -0.355. The third-order valence-electron chi connectivity index (χ3n) is 5.44. The maximum atomic E-state index is 13.0. The van der Waals surface area contributed by atoms with Crippen LogP contribution >= 0.6 is 0 Å². The molecule has 0 spiro atoms. The molecule has 2 saturated heterocycles. The number of benzene rings is 2. The predicted octanol–water partition coefficient (Wildman–Crippen LogP) is 2.49. The van der Waals surface area contributed by atoms with Gasteiger partial charge in [-0.2, -0.15) is 8.42 Å². The van der Waals surface area contributed by atoms with Gasteiger partial charge in [-0.3, -0.25) is 8.98 Å². The van der Waals surface area contributed by atoms with Gasteiger partial charge >= 0.3 is 5.97 Å². The number of hydrogen-bond acceptors (Lipinski definition) is 9. The van der Waals surface area contributed by atoms with Crippen molar-refractivity contribution in [3.63, 3.8) is 0 Å². The van der Waals surface area contributed by atoms with Crippen LogP contribution in [0.25, 0.3) is 0 Å². The zero-order valence-corrected chi connectivity index (χ0v) is 19.3. The Hall–Kier alpha value is -2.34. The topological polar surface area (TPSA) is 107 Å². The van der Waals surface area contributed by atoms with E-state index in [0.717, 1.165) is 11.1 Å². The van der Waals surface area contributed by atoms with E-state index in [9.17, 15) is 13.2 Å². The predicted molar refractivity (Wildman–Crippen MR) is 114 cm³/mol. The Morgan fingerprint density at radius 1 is 1.00 bits per heavy atom. The molecule has 2 aromatic carbocycles. The van der Waals surface area contributed by atoms with Crippen molar-refractivity contribution >= 4 is 16.1 Å². The van der Waals surface area contributed by atoms with Gasteiger partial charge in [-0.15, -0.1) is 0 Å². The first-order valence-corrected chi connectivity index (χ1v) is 11.9. The Morgan fingerprint density at radius 2 is 1.70 bits per heavy atom. The second-order valence-corrected chi connectivity index (χ2v) is 9.43. The third-order valence-corrected chi connectivity index (χ3v) is 6.76. The summed E-state index contributed by atoms with van der Waals surface area (Å²) in [5.74, 6) is -0.622. The minimum atomic E-state index is -4.23. The highest BCUT2D eigenvalue weighted by Gasteiger charge is 2.54. The van der Waals surface area contributed by atoms with Crippen molar-refractivity contribution in [2.24, 2.45) is 0 Å². The van der Waals surface area contributed by atoms with Gasteiger partial charge in [0.15, 0.2) is 24.8 Å². The summed E-state index contributed by atoms with van der Waals surface area (Å²) in [4.78, 5) is 11.9. The van der Waals surface area contributed by atoms with E-state index in [4.69, 9.17) is 27.9 Å². The minimum Gasteiger partial charge on any atom is -0.457 e. The molecule has 2 heterocycles. The number of aryl methyl sites for hydroxylation is 1. The Balaban J connectivity index is 1.64. The number of esters is 1. The number of methoxy groups -OCH3 is 1. The molecule has 0 unspecified atom stereocenters. The Bertz CT molecular complexity index is 1060. The number of fused-ring (bicyclic) bond motifs is 1. The first-order valence-electron chi connectivity index (χ1n) is 10.5. The van der Waals surface area contributed by atoms with Crippen LogP contribution in [0.3, 0.4) is 0 Å². The molecule has 10 heteroatoms. The monoisotopic (exact) mass is 478 g/mol. The summed E-state index contributed by atoms with van der Waals surface area (Å²) in [7, 11) is -2.88. The molecule has 0 N–H and O–H groups in total. The van der Waals surface area contributed by atoms with E-state index < -0.39 is 53.1 Å². The van der Waals surface area contributed by atoms with Gasteiger partial charge in [0, 0.05) is 19.6 Å². The molecule has 178 valence electrons. The number of hydrogen-bond donors (Lipinski definition) is 0. The van der Waals surface area contributed by atoms with Gasteiger partial charge in [0.1, 0.15) is 12.2 Å². The Morgan fingerprint density at radius 3 is 2.33 bits per heavy atom. The van der Waals surface area contributed by atoms with E-state index in [2.05, 4.69) is 0 Å². The fraction of sp³-hybridized carbons (Fsp3) is 0.435. The van der Waals surface area contributed by atoms with Gasteiger partial charge in [0.05, 0.1) is 11.5 Å². The summed E-state index contributed by atoms with van der Waals surface area (Å²) in [6.07, 6.45) is -5.83. The summed E-state index contributed by atoms with van der Waals surface area (Å²) in [6.45, 7) is 3.20. The van der Waals surface area contributed by atoms with Gasteiger partial charge in [0.2, 0.25) is 0 Å². The molecule has 0 bridgehead atoms. The first-order chi connectivity index (χ1) is 15.8. The van der Waals surface area contributed by atoms with Gasteiger partial charge in [-0.25, -0.2) is 0 Å². The minimum absolute atomic E-state index is 0.0401. The summed E-state index contributed by atoms with van der Waals surface area (Å²) >= 11 is 0. The lowest BCUT2D eigenvalue weighted by Crippen LogP contribution is -2.64.